The molecule has 0 bridgehead atoms. The lowest BCUT2D eigenvalue weighted by Gasteiger charge is -2.26. The number of benzene rings is 2. The van der Waals surface area contributed by atoms with Gasteiger partial charge in [-0.3, -0.25) is 9.59 Å². The van der Waals surface area contributed by atoms with Gasteiger partial charge in [0.2, 0.25) is 5.91 Å². The van der Waals surface area contributed by atoms with Gasteiger partial charge in [0, 0.05) is 6.04 Å². The molecule has 0 aliphatic carbocycles. The van der Waals surface area contributed by atoms with Crippen molar-refractivity contribution in [1.82, 2.24) is 5.32 Å². The standard InChI is InChI=1S/C21H24N2O3/c1-14-8-11-18-17(12-14)23-21(25)19(26-18)13-20(24)22-15(2)9-10-16-6-4-3-5-7-16/h3-8,11-12,15,19H,9-10,13H2,1-2H3,(H,22,24)(H,23,25)/t15-,19+/m1/s1. The van der Waals surface area contributed by atoms with Crippen molar-refractivity contribution < 1.29 is 14.3 Å². The predicted octanol–water partition coefficient (Wildman–Crippen LogP) is 3.22. The van der Waals surface area contributed by atoms with E-state index >= 15 is 0 Å². The van der Waals surface area contributed by atoms with Crippen LogP contribution >= 0.6 is 0 Å². The molecular formula is C21H24N2O3. The first kappa shape index (κ1) is 18.0. The molecule has 0 unspecified atom stereocenters. The topological polar surface area (TPSA) is 67.4 Å². The fourth-order valence-electron chi connectivity index (χ4n) is 3.00. The van der Waals surface area contributed by atoms with Gasteiger partial charge < -0.3 is 15.4 Å². The molecule has 0 saturated carbocycles. The van der Waals surface area contributed by atoms with Gasteiger partial charge in [-0.15, -0.1) is 0 Å². The van der Waals surface area contributed by atoms with E-state index in [0.717, 1.165) is 18.4 Å². The number of fused-ring (bicyclic) bond motifs is 1. The molecule has 26 heavy (non-hydrogen) atoms. The minimum absolute atomic E-state index is 0.00876. The smallest absolute Gasteiger partial charge is 0.266 e. The first-order valence-corrected chi connectivity index (χ1v) is 8.93. The van der Waals surface area contributed by atoms with Crippen LogP contribution in [0.25, 0.3) is 0 Å². The maximum Gasteiger partial charge on any atom is 0.266 e. The molecule has 0 aromatic heterocycles. The Balaban J connectivity index is 1.50. The van der Waals surface area contributed by atoms with Crippen LogP contribution in [0.4, 0.5) is 5.69 Å². The van der Waals surface area contributed by atoms with Crippen LogP contribution in [-0.4, -0.2) is 24.0 Å². The van der Waals surface area contributed by atoms with E-state index in [2.05, 4.69) is 22.8 Å². The van der Waals surface area contributed by atoms with Crippen molar-refractivity contribution in [3.63, 3.8) is 0 Å². The Hall–Kier alpha value is -2.82. The second kappa shape index (κ2) is 8.04. The Kier molecular flexibility index (Phi) is 5.56. The van der Waals surface area contributed by atoms with Crippen LogP contribution < -0.4 is 15.4 Å². The van der Waals surface area contributed by atoms with Gasteiger partial charge in [0.25, 0.3) is 5.91 Å². The number of ether oxygens (including phenoxy) is 1. The predicted molar refractivity (Wildman–Crippen MR) is 101 cm³/mol. The Bertz CT molecular complexity index is 789. The zero-order chi connectivity index (χ0) is 18.5. The molecular weight excluding hydrogens is 328 g/mol. The van der Waals surface area contributed by atoms with Gasteiger partial charge in [-0.05, 0) is 49.9 Å². The number of rotatable bonds is 6. The van der Waals surface area contributed by atoms with Gasteiger partial charge in [-0.2, -0.15) is 0 Å². The maximum atomic E-state index is 12.3. The summed E-state index contributed by atoms with van der Waals surface area (Å²) in [5.74, 6) is 0.140. The van der Waals surface area contributed by atoms with Crippen LogP contribution in [-0.2, 0) is 16.0 Å². The summed E-state index contributed by atoms with van der Waals surface area (Å²) in [5.41, 5.74) is 2.94. The van der Waals surface area contributed by atoms with Crippen LogP contribution in [0.2, 0.25) is 0 Å². The third-order valence-electron chi connectivity index (χ3n) is 4.44. The highest BCUT2D eigenvalue weighted by Gasteiger charge is 2.30. The van der Waals surface area contributed by atoms with Crippen molar-refractivity contribution in [3.8, 4) is 5.75 Å². The first-order valence-electron chi connectivity index (χ1n) is 8.93. The number of carbonyl (C=O) groups is 2. The maximum absolute atomic E-state index is 12.3. The van der Waals surface area contributed by atoms with Crippen LogP contribution in [0, 0.1) is 6.92 Å². The molecule has 0 fully saturated rings. The van der Waals surface area contributed by atoms with Crippen LogP contribution in [0.5, 0.6) is 5.75 Å². The summed E-state index contributed by atoms with van der Waals surface area (Å²) < 4.78 is 5.71. The van der Waals surface area contributed by atoms with Crippen molar-refractivity contribution in [2.45, 2.75) is 45.3 Å². The number of hydrogen-bond donors (Lipinski definition) is 2. The molecule has 2 aromatic carbocycles. The molecule has 5 nitrogen and oxygen atoms in total. The van der Waals surface area contributed by atoms with Gasteiger partial charge in [0.05, 0.1) is 12.1 Å². The van der Waals surface area contributed by atoms with Gasteiger partial charge in [0.1, 0.15) is 5.75 Å². The Morgan fingerprint density at radius 1 is 1.23 bits per heavy atom. The summed E-state index contributed by atoms with van der Waals surface area (Å²) in [7, 11) is 0. The molecule has 3 rings (SSSR count). The number of hydrogen-bond acceptors (Lipinski definition) is 3. The lowest BCUT2D eigenvalue weighted by Crippen LogP contribution is -2.42. The van der Waals surface area contributed by atoms with Crippen molar-refractivity contribution >= 4 is 17.5 Å². The highest BCUT2D eigenvalue weighted by Crippen LogP contribution is 2.31. The highest BCUT2D eigenvalue weighted by atomic mass is 16.5. The monoisotopic (exact) mass is 352 g/mol. The quantitative estimate of drug-likeness (QED) is 0.839. The Morgan fingerprint density at radius 2 is 2.00 bits per heavy atom. The number of nitrogens with one attached hydrogen (secondary N) is 2. The lowest BCUT2D eigenvalue weighted by molar-refractivity contribution is -0.130. The van der Waals surface area contributed by atoms with Gasteiger partial charge >= 0.3 is 0 Å². The van der Waals surface area contributed by atoms with E-state index in [9.17, 15) is 9.59 Å². The fraction of sp³-hybridized carbons (Fsp3) is 0.333. The minimum Gasteiger partial charge on any atom is -0.478 e. The average Bonchev–Trinajstić information content (AvgIpc) is 2.61. The zero-order valence-corrected chi connectivity index (χ0v) is 15.1. The molecule has 2 atom stereocenters. The summed E-state index contributed by atoms with van der Waals surface area (Å²) in [4.78, 5) is 24.5. The molecule has 136 valence electrons. The van der Waals surface area contributed by atoms with E-state index < -0.39 is 6.10 Å². The first-order chi connectivity index (χ1) is 12.5. The van der Waals surface area contributed by atoms with E-state index in [1.54, 1.807) is 0 Å². The van der Waals surface area contributed by atoms with Crippen LogP contribution in [0.1, 0.15) is 30.9 Å². The third-order valence-corrected chi connectivity index (χ3v) is 4.44. The largest absolute Gasteiger partial charge is 0.478 e. The van der Waals surface area contributed by atoms with Crippen molar-refractivity contribution in [1.29, 1.82) is 0 Å². The van der Waals surface area contributed by atoms with E-state index in [0.29, 0.717) is 11.4 Å². The van der Waals surface area contributed by atoms with Crippen molar-refractivity contribution in [2.24, 2.45) is 0 Å². The summed E-state index contributed by atoms with van der Waals surface area (Å²) >= 11 is 0. The van der Waals surface area contributed by atoms with Crippen LogP contribution in [0.15, 0.2) is 48.5 Å². The molecule has 2 N–H and O–H groups in total. The second-order valence-electron chi connectivity index (χ2n) is 6.79. The molecule has 1 aliphatic heterocycles. The molecule has 2 amide bonds. The van der Waals surface area contributed by atoms with E-state index in [1.165, 1.54) is 5.56 Å². The molecule has 2 aromatic rings. The highest BCUT2D eigenvalue weighted by molar-refractivity contribution is 6.00. The van der Waals surface area contributed by atoms with Gasteiger partial charge in [-0.1, -0.05) is 36.4 Å². The summed E-state index contributed by atoms with van der Waals surface area (Å²) in [6.07, 6.45) is 0.950. The normalized spacial score (nSPS) is 16.8. The molecule has 0 spiro atoms. The average molecular weight is 352 g/mol. The minimum atomic E-state index is -0.800. The van der Waals surface area contributed by atoms with E-state index in [4.69, 9.17) is 4.74 Å². The van der Waals surface area contributed by atoms with E-state index in [1.807, 2.05) is 50.2 Å². The Morgan fingerprint density at radius 3 is 2.77 bits per heavy atom. The number of amides is 2. The molecule has 1 heterocycles. The molecule has 5 heteroatoms. The third kappa shape index (κ3) is 4.63. The van der Waals surface area contributed by atoms with Crippen molar-refractivity contribution in [3.05, 3.63) is 59.7 Å². The van der Waals surface area contributed by atoms with E-state index in [-0.39, 0.29) is 24.3 Å². The van der Waals surface area contributed by atoms with Gasteiger partial charge in [-0.25, -0.2) is 0 Å². The molecule has 0 radical (unpaired) electrons. The fourth-order valence-corrected chi connectivity index (χ4v) is 3.00. The molecule has 0 saturated heterocycles. The van der Waals surface area contributed by atoms with Gasteiger partial charge in [0.15, 0.2) is 6.10 Å². The summed E-state index contributed by atoms with van der Waals surface area (Å²) in [6.45, 7) is 3.92. The zero-order valence-electron chi connectivity index (χ0n) is 15.1. The number of carbonyl (C=O) groups excluding carboxylic acids is 2. The molecule has 1 aliphatic rings. The number of aryl methyl sites for hydroxylation is 2. The van der Waals surface area contributed by atoms with Crippen molar-refractivity contribution in [2.75, 3.05) is 5.32 Å². The number of anilines is 1. The summed E-state index contributed by atoms with van der Waals surface area (Å²) in [6, 6.07) is 15.8. The lowest BCUT2D eigenvalue weighted by atomic mass is 10.1. The Labute approximate surface area is 153 Å². The van der Waals surface area contributed by atoms with Crippen LogP contribution in [0.3, 0.4) is 0 Å². The summed E-state index contributed by atoms with van der Waals surface area (Å²) in [5, 5.41) is 5.76. The SMILES string of the molecule is Cc1ccc2c(c1)NC(=O)[C@H](CC(=O)N[C@H](C)CCc1ccccc1)O2. The second-order valence-corrected chi connectivity index (χ2v) is 6.79.